The van der Waals surface area contributed by atoms with Gasteiger partial charge < -0.3 is 9.47 Å². The van der Waals surface area contributed by atoms with E-state index in [9.17, 15) is 0 Å². The van der Waals surface area contributed by atoms with Crippen molar-refractivity contribution in [3.8, 4) is 0 Å². The highest BCUT2D eigenvalue weighted by molar-refractivity contribution is 8.16. The molecule has 0 aromatic rings. The molecule has 0 aliphatic carbocycles. The Hall–Kier alpha value is 0.620. The number of hydrogen-bond acceptors (Lipinski definition) is 4. The molecule has 0 spiro atoms. The van der Waals surface area contributed by atoms with E-state index in [4.69, 9.17) is 9.47 Å². The fourth-order valence-electron chi connectivity index (χ4n) is 1.10. The van der Waals surface area contributed by atoms with Crippen LogP contribution in [0.15, 0.2) is 0 Å². The van der Waals surface area contributed by atoms with E-state index >= 15 is 0 Å². The zero-order chi connectivity index (χ0) is 9.52. The predicted molar refractivity (Wildman–Crippen MR) is 60.4 cm³/mol. The Balaban J connectivity index is 1.98. The summed E-state index contributed by atoms with van der Waals surface area (Å²) < 4.78 is 11.6. The summed E-state index contributed by atoms with van der Waals surface area (Å²) >= 11 is 3.87. The smallest absolute Gasteiger partial charge is 0.158 e. The third kappa shape index (κ3) is 5.15. The zero-order valence-corrected chi connectivity index (χ0v) is 9.96. The van der Waals surface area contributed by atoms with Crippen LogP contribution in [0.4, 0.5) is 0 Å². The molecule has 2 nitrogen and oxygen atoms in total. The molecule has 0 aromatic carbocycles. The van der Waals surface area contributed by atoms with Crippen molar-refractivity contribution >= 4 is 23.5 Å². The van der Waals surface area contributed by atoms with Crippen molar-refractivity contribution in [3.05, 3.63) is 0 Å². The molecule has 0 aromatic heterocycles. The number of ether oxygens (including phenoxy) is 2. The minimum Gasteiger partial charge on any atom is -0.353 e. The van der Waals surface area contributed by atoms with Crippen LogP contribution in [0.2, 0.25) is 0 Å². The lowest BCUT2D eigenvalue weighted by molar-refractivity contribution is -0.178. The normalized spacial score (nSPS) is 21.7. The molecule has 1 rings (SSSR count). The first-order chi connectivity index (χ1) is 6.33. The summed E-state index contributed by atoms with van der Waals surface area (Å²) in [6.45, 7) is 3.97. The van der Waals surface area contributed by atoms with Crippen LogP contribution in [0.3, 0.4) is 0 Å². The van der Waals surface area contributed by atoms with E-state index < -0.39 is 0 Å². The van der Waals surface area contributed by atoms with E-state index in [2.05, 4.69) is 13.2 Å². The van der Waals surface area contributed by atoms with Gasteiger partial charge in [-0.1, -0.05) is 0 Å². The molecule has 1 atom stereocenters. The second kappa shape index (κ2) is 6.98. The Kier molecular flexibility index (Phi) is 6.28. The summed E-state index contributed by atoms with van der Waals surface area (Å²) in [7, 11) is 0. The minimum absolute atomic E-state index is 0.0651. The number of thioether (sulfide) groups is 2. The van der Waals surface area contributed by atoms with Gasteiger partial charge in [-0.2, -0.15) is 11.8 Å². The van der Waals surface area contributed by atoms with Crippen LogP contribution in [-0.2, 0) is 9.47 Å². The van der Waals surface area contributed by atoms with E-state index in [0.717, 1.165) is 31.8 Å². The van der Waals surface area contributed by atoms with Crippen LogP contribution < -0.4 is 0 Å². The molecule has 4 heteroatoms. The maximum absolute atomic E-state index is 5.45. The van der Waals surface area contributed by atoms with Gasteiger partial charge in [0, 0.05) is 11.0 Å². The highest BCUT2D eigenvalue weighted by Crippen LogP contribution is 2.22. The average Bonchev–Trinajstić information content (AvgIpc) is 2.19. The quantitative estimate of drug-likeness (QED) is 0.665. The maximum Gasteiger partial charge on any atom is 0.158 e. The fourth-order valence-corrected chi connectivity index (χ4v) is 2.60. The monoisotopic (exact) mass is 222 g/mol. The standard InChI is InChI=1S/C9H18O2S2/c1-8(12-2)13-7-4-9-10-5-3-6-11-9/h8-9H,3-7H2,1-2H3/t8-/m0/s1. The molecule has 0 saturated carbocycles. The molecular formula is C9H18O2S2. The molecule has 0 N–H and O–H groups in total. The lowest BCUT2D eigenvalue weighted by atomic mass is 10.4. The van der Waals surface area contributed by atoms with Gasteiger partial charge in [-0.25, -0.2) is 0 Å². The highest BCUT2D eigenvalue weighted by atomic mass is 32.2. The summed E-state index contributed by atoms with van der Waals surface area (Å²) in [6, 6.07) is 0. The molecule has 13 heavy (non-hydrogen) atoms. The van der Waals surface area contributed by atoms with E-state index in [1.165, 1.54) is 0 Å². The van der Waals surface area contributed by atoms with Crippen LogP contribution in [0, 0.1) is 0 Å². The Morgan fingerprint density at radius 3 is 2.69 bits per heavy atom. The highest BCUT2D eigenvalue weighted by Gasteiger charge is 2.13. The van der Waals surface area contributed by atoms with Gasteiger partial charge >= 0.3 is 0 Å². The third-order valence-electron chi connectivity index (χ3n) is 1.93. The summed E-state index contributed by atoms with van der Waals surface area (Å²) in [5.74, 6) is 1.13. The van der Waals surface area contributed by atoms with Crippen LogP contribution >= 0.6 is 23.5 Å². The molecule has 1 heterocycles. The minimum atomic E-state index is 0.0651. The molecule has 1 fully saturated rings. The van der Waals surface area contributed by atoms with Crippen LogP contribution in [0.5, 0.6) is 0 Å². The summed E-state index contributed by atoms with van der Waals surface area (Å²) in [6.07, 6.45) is 4.28. The Morgan fingerprint density at radius 2 is 2.08 bits per heavy atom. The first-order valence-corrected chi connectivity index (χ1v) is 7.04. The first kappa shape index (κ1) is 11.7. The molecule has 0 bridgehead atoms. The topological polar surface area (TPSA) is 18.5 Å². The second-order valence-corrected chi connectivity index (χ2v) is 5.91. The molecule has 1 saturated heterocycles. The molecule has 0 unspecified atom stereocenters. The molecule has 1 aliphatic rings. The van der Waals surface area contributed by atoms with Crippen molar-refractivity contribution in [2.24, 2.45) is 0 Å². The van der Waals surface area contributed by atoms with Crippen molar-refractivity contribution < 1.29 is 9.47 Å². The van der Waals surface area contributed by atoms with Crippen molar-refractivity contribution in [1.82, 2.24) is 0 Å². The first-order valence-electron chi connectivity index (χ1n) is 4.70. The second-order valence-electron chi connectivity index (χ2n) is 2.99. The predicted octanol–water partition coefficient (Wildman–Crippen LogP) is 2.58. The van der Waals surface area contributed by atoms with Crippen LogP contribution in [0.25, 0.3) is 0 Å². The van der Waals surface area contributed by atoms with Crippen molar-refractivity contribution in [2.45, 2.75) is 30.6 Å². The van der Waals surface area contributed by atoms with E-state index in [0.29, 0.717) is 4.58 Å². The van der Waals surface area contributed by atoms with E-state index in [-0.39, 0.29) is 6.29 Å². The van der Waals surface area contributed by atoms with Crippen molar-refractivity contribution in [2.75, 3.05) is 25.2 Å². The Bertz CT molecular complexity index is 127. The Labute approximate surface area is 89.1 Å². The van der Waals surface area contributed by atoms with Gasteiger partial charge in [0.25, 0.3) is 0 Å². The van der Waals surface area contributed by atoms with E-state index in [1.807, 2.05) is 23.5 Å². The van der Waals surface area contributed by atoms with Gasteiger partial charge in [0.2, 0.25) is 0 Å². The molecule has 78 valence electrons. The van der Waals surface area contributed by atoms with Gasteiger partial charge in [0.1, 0.15) is 0 Å². The van der Waals surface area contributed by atoms with E-state index in [1.54, 1.807) is 0 Å². The van der Waals surface area contributed by atoms with Gasteiger partial charge in [0.05, 0.1) is 13.2 Å². The maximum atomic E-state index is 5.45. The van der Waals surface area contributed by atoms with Gasteiger partial charge in [-0.05, 0) is 25.4 Å². The largest absolute Gasteiger partial charge is 0.353 e. The molecule has 0 radical (unpaired) electrons. The van der Waals surface area contributed by atoms with Crippen molar-refractivity contribution in [1.29, 1.82) is 0 Å². The SMILES string of the molecule is CS[C@H](C)SCCC1OCCCO1. The lowest BCUT2D eigenvalue weighted by Gasteiger charge is -2.23. The number of hydrogen-bond donors (Lipinski definition) is 0. The molecule has 1 aliphatic heterocycles. The third-order valence-corrected chi connectivity index (χ3v) is 4.52. The summed E-state index contributed by atoms with van der Waals surface area (Å²) in [5.41, 5.74) is 0. The van der Waals surface area contributed by atoms with Crippen molar-refractivity contribution in [3.63, 3.8) is 0 Å². The van der Waals surface area contributed by atoms with Gasteiger partial charge in [-0.3, -0.25) is 0 Å². The fraction of sp³-hybridized carbons (Fsp3) is 1.00. The average molecular weight is 222 g/mol. The summed E-state index contributed by atoms with van der Waals surface area (Å²) in [5, 5.41) is 0. The van der Waals surface area contributed by atoms with Gasteiger partial charge in [-0.15, -0.1) is 11.8 Å². The van der Waals surface area contributed by atoms with Crippen LogP contribution in [0.1, 0.15) is 19.8 Å². The molecule has 0 amide bonds. The summed E-state index contributed by atoms with van der Waals surface area (Å²) in [4.78, 5) is 0. The van der Waals surface area contributed by atoms with Gasteiger partial charge in [0.15, 0.2) is 6.29 Å². The Morgan fingerprint density at radius 1 is 1.38 bits per heavy atom. The number of rotatable bonds is 5. The molecular weight excluding hydrogens is 204 g/mol. The van der Waals surface area contributed by atoms with Crippen LogP contribution in [-0.4, -0.2) is 36.1 Å². The zero-order valence-electron chi connectivity index (χ0n) is 8.32. The lowest BCUT2D eigenvalue weighted by Crippen LogP contribution is -2.25.